The van der Waals surface area contributed by atoms with Gasteiger partial charge in [0.2, 0.25) is 0 Å². The van der Waals surface area contributed by atoms with E-state index >= 15 is 0 Å². The van der Waals surface area contributed by atoms with Gasteiger partial charge in [0.1, 0.15) is 12.6 Å². The summed E-state index contributed by atoms with van der Waals surface area (Å²) in [5.74, 6) is 0.591. The van der Waals surface area contributed by atoms with Gasteiger partial charge < -0.3 is 10.1 Å². The maximum absolute atomic E-state index is 12.2. The highest BCUT2D eigenvalue weighted by molar-refractivity contribution is 5.76. The van der Waals surface area contributed by atoms with Crippen molar-refractivity contribution in [1.29, 1.82) is 0 Å². The summed E-state index contributed by atoms with van der Waals surface area (Å²) in [6, 6.07) is 10.3. The van der Waals surface area contributed by atoms with E-state index in [1.54, 1.807) is 0 Å². The fraction of sp³-hybridized carbons (Fsp3) is 0.588. The third kappa shape index (κ3) is 3.21. The predicted octanol–water partition coefficient (Wildman–Crippen LogP) is 3.04. The lowest BCUT2D eigenvalue weighted by Gasteiger charge is -2.15. The first-order chi connectivity index (χ1) is 9.83. The number of ether oxygens (including phenoxy) is 1. The molecule has 0 spiro atoms. The molecule has 1 saturated carbocycles. The van der Waals surface area contributed by atoms with Gasteiger partial charge in [-0.05, 0) is 30.7 Å². The summed E-state index contributed by atoms with van der Waals surface area (Å²) >= 11 is 0. The number of benzene rings is 1. The molecular formula is C17H23NO2. The summed E-state index contributed by atoms with van der Waals surface area (Å²) in [4.78, 5) is 12.2. The lowest BCUT2D eigenvalue weighted by atomic mass is 9.94. The van der Waals surface area contributed by atoms with Crippen molar-refractivity contribution >= 4 is 5.97 Å². The van der Waals surface area contributed by atoms with Crippen molar-refractivity contribution in [3.05, 3.63) is 35.9 Å². The number of carbonyl (C=O) groups excluding carboxylic acids is 1. The van der Waals surface area contributed by atoms with Crippen LogP contribution in [0.5, 0.6) is 0 Å². The van der Waals surface area contributed by atoms with Crippen molar-refractivity contribution in [2.45, 2.75) is 57.2 Å². The Hall–Kier alpha value is -1.35. The first-order valence-electron chi connectivity index (χ1n) is 7.79. The molecule has 3 heteroatoms. The van der Waals surface area contributed by atoms with Crippen molar-refractivity contribution in [2.24, 2.45) is 5.92 Å². The summed E-state index contributed by atoms with van der Waals surface area (Å²) in [7, 11) is 0. The lowest BCUT2D eigenvalue weighted by Crippen LogP contribution is -2.37. The van der Waals surface area contributed by atoms with Crippen LogP contribution in [0.15, 0.2) is 30.3 Å². The standard InChI is InChI=1S/C17H23NO2/c19-17(20-12-13-7-3-1-4-8-13)16-11-14-9-5-2-6-10-15(14)18-16/h1,3-4,7-8,14-16,18H,2,5-6,9-12H2/t14-,15-,16-/m1/s1. The topological polar surface area (TPSA) is 38.3 Å². The smallest absolute Gasteiger partial charge is 0.323 e. The Bertz CT molecular complexity index is 432. The molecule has 108 valence electrons. The molecule has 1 saturated heterocycles. The van der Waals surface area contributed by atoms with Gasteiger partial charge in [-0.25, -0.2) is 0 Å². The first kappa shape index (κ1) is 13.6. The van der Waals surface area contributed by atoms with Gasteiger partial charge in [-0.3, -0.25) is 4.79 Å². The Kier molecular flexibility index (Phi) is 4.36. The molecule has 3 rings (SSSR count). The molecule has 0 bridgehead atoms. The van der Waals surface area contributed by atoms with E-state index in [9.17, 15) is 4.79 Å². The van der Waals surface area contributed by atoms with Crippen LogP contribution in [0.25, 0.3) is 0 Å². The second-order valence-corrected chi connectivity index (χ2v) is 6.05. The molecule has 3 nitrogen and oxygen atoms in total. The van der Waals surface area contributed by atoms with Crippen molar-refractivity contribution in [1.82, 2.24) is 5.32 Å². The van der Waals surface area contributed by atoms with Crippen LogP contribution in [-0.4, -0.2) is 18.1 Å². The van der Waals surface area contributed by atoms with E-state index in [-0.39, 0.29) is 12.0 Å². The first-order valence-corrected chi connectivity index (χ1v) is 7.79. The second-order valence-electron chi connectivity index (χ2n) is 6.05. The van der Waals surface area contributed by atoms with Gasteiger partial charge >= 0.3 is 5.97 Å². The normalized spacial score (nSPS) is 29.5. The van der Waals surface area contributed by atoms with Gasteiger partial charge in [0.15, 0.2) is 0 Å². The fourth-order valence-electron chi connectivity index (χ4n) is 3.51. The summed E-state index contributed by atoms with van der Waals surface area (Å²) in [6.45, 7) is 0.382. The van der Waals surface area contributed by atoms with E-state index in [0.717, 1.165) is 12.0 Å². The van der Waals surface area contributed by atoms with E-state index in [1.807, 2.05) is 30.3 Å². The lowest BCUT2D eigenvalue weighted by molar-refractivity contribution is -0.147. The van der Waals surface area contributed by atoms with Gasteiger partial charge in [-0.1, -0.05) is 49.6 Å². The van der Waals surface area contributed by atoms with Crippen LogP contribution in [0.2, 0.25) is 0 Å². The minimum Gasteiger partial charge on any atom is -0.460 e. The van der Waals surface area contributed by atoms with Gasteiger partial charge in [-0.2, -0.15) is 0 Å². The van der Waals surface area contributed by atoms with E-state index < -0.39 is 0 Å². The van der Waals surface area contributed by atoms with Crippen LogP contribution >= 0.6 is 0 Å². The fourth-order valence-corrected chi connectivity index (χ4v) is 3.51. The molecular weight excluding hydrogens is 250 g/mol. The number of hydrogen-bond donors (Lipinski definition) is 1. The van der Waals surface area contributed by atoms with Crippen molar-refractivity contribution in [3.63, 3.8) is 0 Å². The molecule has 1 aliphatic heterocycles. The number of carbonyl (C=O) groups is 1. The number of esters is 1. The maximum atomic E-state index is 12.2. The van der Waals surface area contributed by atoms with Crippen LogP contribution in [-0.2, 0) is 16.1 Å². The van der Waals surface area contributed by atoms with E-state index in [4.69, 9.17) is 4.74 Å². The van der Waals surface area contributed by atoms with Crippen LogP contribution in [0.3, 0.4) is 0 Å². The molecule has 0 unspecified atom stereocenters. The molecule has 1 aromatic rings. The molecule has 0 aromatic heterocycles. The molecule has 20 heavy (non-hydrogen) atoms. The third-order valence-corrected chi connectivity index (χ3v) is 4.62. The largest absolute Gasteiger partial charge is 0.460 e. The highest BCUT2D eigenvalue weighted by atomic mass is 16.5. The Morgan fingerprint density at radius 1 is 1.15 bits per heavy atom. The van der Waals surface area contributed by atoms with E-state index in [0.29, 0.717) is 18.6 Å². The minimum atomic E-state index is -0.0909. The molecule has 0 amide bonds. The van der Waals surface area contributed by atoms with E-state index in [2.05, 4.69) is 5.32 Å². The Labute approximate surface area is 120 Å². The highest BCUT2D eigenvalue weighted by Crippen LogP contribution is 2.32. The van der Waals surface area contributed by atoms with Gasteiger partial charge in [-0.15, -0.1) is 0 Å². The zero-order valence-corrected chi connectivity index (χ0v) is 11.9. The minimum absolute atomic E-state index is 0.0815. The molecule has 2 fully saturated rings. The molecule has 2 aliphatic rings. The molecule has 1 heterocycles. The molecule has 1 aromatic carbocycles. The summed E-state index contributed by atoms with van der Waals surface area (Å²) < 4.78 is 5.45. The predicted molar refractivity (Wildman–Crippen MR) is 78.1 cm³/mol. The van der Waals surface area contributed by atoms with Gasteiger partial charge in [0.25, 0.3) is 0 Å². The Morgan fingerprint density at radius 2 is 1.95 bits per heavy atom. The van der Waals surface area contributed by atoms with Crippen LogP contribution < -0.4 is 5.32 Å². The van der Waals surface area contributed by atoms with Crippen LogP contribution in [0, 0.1) is 5.92 Å². The van der Waals surface area contributed by atoms with Crippen LogP contribution in [0.1, 0.15) is 44.1 Å². The number of fused-ring (bicyclic) bond motifs is 1. The molecule has 1 N–H and O–H groups in total. The average Bonchev–Trinajstić information content (AvgIpc) is 2.77. The number of nitrogens with one attached hydrogen (secondary N) is 1. The zero-order chi connectivity index (χ0) is 13.8. The third-order valence-electron chi connectivity index (χ3n) is 4.62. The monoisotopic (exact) mass is 273 g/mol. The Balaban J connectivity index is 1.51. The van der Waals surface area contributed by atoms with Gasteiger partial charge in [0.05, 0.1) is 0 Å². The second kappa shape index (κ2) is 6.40. The highest BCUT2D eigenvalue weighted by Gasteiger charge is 2.38. The summed E-state index contributed by atoms with van der Waals surface area (Å²) in [5.41, 5.74) is 1.05. The van der Waals surface area contributed by atoms with Gasteiger partial charge in [0, 0.05) is 6.04 Å². The SMILES string of the molecule is O=C(OCc1ccccc1)[C@H]1C[C@H]2CCCCC[C@H]2N1. The average molecular weight is 273 g/mol. The number of rotatable bonds is 3. The van der Waals surface area contributed by atoms with Crippen molar-refractivity contribution in [3.8, 4) is 0 Å². The van der Waals surface area contributed by atoms with E-state index in [1.165, 1.54) is 32.1 Å². The quantitative estimate of drug-likeness (QED) is 0.860. The zero-order valence-electron chi connectivity index (χ0n) is 11.9. The summed E-state index contributed by atoms with van der Waals surface area (Å²) in [6.07, 6.45) is 7.39. The van der Waals surface area contributed by atoms with Crippen molar-refractivity contribution < 1.29 is 9.53 Å². The van der Waals surface area contributed by atoms with Crippen LogP contribution in [0.4, 0.5) is 0 Å². The number of hydrogen-bond acceptors (Lipinski definition) is 3. The Morgan fingerprint density at radius 3 is 2.80 bits per heavy atom. The molecule has 0 radical (unpaired) electrons. The van der Waals surface area contributed by atoms with Crippen molar-refractivity contribution in [2.75, 3.05) is 0 Å². The summed E-state index contributed by atoms with van der Waals surface area (Å²) in [5, 5.41) is 3.49. The molecule has 1 aliphatic carbocycles. The molecule has 3 atom stereocenters. The maximum Gasteiger partial charge on any atom is 0.323 e.